The van der Waals surface area contributed by atoms with Gasteiger partial charge in [0.2, 0.25) is 10.0 Å². The molecule has 30 heavy (non-hydrogen) atoms. The van der Waals surface area contributed by atoms with Crippen molar-refractivity contribution >= 4 is 62.0 Å². The van der Waals surface area contributed by atoms with Gasteiger partial charge >= 0.3 is 0 Å². The number of nitrogens with one attached hydrogen (secondary N) is 1. The Labute approximate surface area is 187 Å². The van der Waals surface area contributed by atoms with Gasteiger partial charge in [-0.3, -0.25) is 9.10 Å². The minimum Gasteiger partial charge on any atom is -0.322 e. The second-order valence-corrected chi connectivity index (χ2v) is 10.8. The monoisotopic (exact) mass is 482 g/mol. The third-order valence-corrected chi connectivity index (χ3v) is 7.79. The summed E-state index contributed by atoms with van der Waals surface area (Å²) in [5.41, 5.74) is 1.37. The SMILES string of the molecule is Cc1cnc(-c2cc(Cl)cc(NC(=O)c3cc(N4CCCS4(=O)=O)ncc3Cl)c2)s1. The third-order valence-electron chi connectivity index (χ3n) is 4.46. The molecule has 0 atom stereocenters. The van der Waals surface area contributed by atoms with E-state index in [1.807, 2.05) is 6.92 Å². The van der Waals surface area contributed by atoms with Crippen LogP contribution in [0.4, 0.5) is 11.5 Å². The minimum absolute atomic E-state index is 0.0559. The van der Waals surface area contributed by atoms with Gasteiger partial charge in [0.05, 0.1) is 16.3 Å². The molecule has 1 aliphatic heterocycles. The van der Waals surface area contributed by atoms with Gasteiger partial charge in [0.25, 0.3) is 5.91 Å². The van der Waals surface area contributed by atoms with E-state index in [9.17, 15) is 13.2 Å². The highest BCUT2D eigenvalue weighted by atomic mass is 35.5. The summed E-state index contributed by atoms with van der Waals surface area (Å²) in [6.45, 7) is 2.28. The molecule has 0 bridgehead atoms. The van der Waals surface area contributed by atoms with Gasteiger partial charge in [-0.1, -0.05) is 23.2 Å². The summed E-state index contributed by atoms with van der Waals surface area (Å²) >= 11 is 13.9. The van der Waals surface area contributed by atoms with Crippen molar-refractivity contribution in [3.63, 3.8) is 0 Å². The number of carbonyl (C=O) groups excluding carboxylic acids is 1. The van der Waals surface area contributed by atoms with Crippen LogP contribution < -0.4 is 9.62 Å². The number of sulfonamides is 1. The molecule has 4 rings (SSSR count). The van der Waals surface area contributed by atoms with Crippen LogP contribution in [0.15, 0.2) is 36.7 Å². The normalized spacial score (nSPS) is 15.4. The Balaban J connectivity index is 1.63. The van der Waals surface area contributed by atoms with E-state index >= 15 is 0 Å². The second kappa shape index (κ2) is 8.14. The van der Waals surface area contributed by atoms with E-state index in [1.54, 1.807) is 24.4 Å². The number of hydrogen-bond acceptors (Lipinski definition) is 6. The van der Waals surface area contributed by atoms with Crippen LogP contribution in [0.2, 0.25) is 10.0 Å². The Morgan fingerprint density at radius 1 is 1.17 bits per heavy atom. The molecule has 7 nitrogen and oxygen atoms in total. The topological polar surface area (TPSA) is 92.3 Å². The molecule has 11 heteroatoms. The Morgan fingerprint density at radius 2 is 1.97 bits per heavy atom. The lowest BCUT2D eigenvalue weighted by molar-refractivity contribution is 0.102. The van der Waals surface area contributed by atoms with Crippen molar-refractivity contribution in [1.82, 2.24) is 9.97 Å². The lowest BCUT2D eigenvalue weighted by Gasteiger charge is -2.17. The Morgan fingerprint density at radius 3 is 2.63 bits per heavy atom. The molecule has 3 heterocycles. The number of nitrogens with zero attached hydrogens (tertiary/aromatic N) is 3. The molecule has 0 radical (unpaired) electrons. The largest absolute Gasteiger partial charge is 0.322 e. The third kappa shape index (κ3) is 4.29. The summed E-state index contributed by atoms with van der Waals surface area (Å²) in [6.07, 6.45) is 3.56. The number of pyridine rings is 1. The zero-order valence-corrected chi connectivity index (χ0v) is 18.9. The zero-order valence-electron chi connectivity index (χ0n) is 15.7. The van der Waals surface area contributed by atoms with Gasteiger partial charge < -0.3 is 5.32 Å². The number of thiazole rings is 1. The van der Waals surface area contributed by atoms with Gasteiger partial charge in [-0.15, -0.1) is 11.3 Å². The fraction of sp³-hybridized carbons (Fsp3) is 0.211. The highest BCUT2D eigenvalue weighted by Crippen LogP contribution is 2.31. The number of carbonyl (C=O) groups is 1. The van der Waals surface area contributed by atoms with Crippen molar-refractivity contribution in [3.8, 4) is 10.6 Å². The maximum atomic E-state index is 12.9. The van der Waals surface area contributed by atoms with Gasteiger partial charge in [0.1, 0.15) is 10.8 Å². The molecular formula is C19H16Cl2N4O3S2. The van der Waals surface area contributed by atoms with E-state index < -0.39 is 15.9 Å². The summed E-state index contributed by atoms with van der Waals surface area (Å²) in [5.74, 6) is -0.267. The van der Waals surface area contributed by atoms with Gasteiger partial charge in [-0.05, 0) is 37.6 Å². The van der Waals surface area contributed by atoms with E-state index in [2.05, 4.69) is 15.3 Å². The van der Waals surface area contributed by atoms with Crippen LogP contribution in [0, 0.1) is 6.92 Å². The summed E-state index contributed by atoms with van der Waals surface area (Å²) in [5, 5.41) is 4.12. The van der Waals surface area contributed by atoms with Crippen LogP contribution in [0.1, 0.15) is 21.7 Å². The van der Waals surface area contributed by atoms with E-state index in [-0.39, 0.29) is 22.2 Å². The van der Waals surface area contributed by atoms with Crippen LogP contribution in [0.5, 0.6) is 0 Å². The van der Waals surface area contributed by atoms with Crippen molar-refractivity contribution < 1.29 is 13.2 Å². The Hall–Kier alpha value is -2.20. The lowest BCUT2D eigenvalue weighted by atomic mass is 10.2. The number of benzene rings is 1. The van der Waals surface area contributed by atoms with Crippen molar-refractivity contribution in [2.24, 2.45) is 0 Å². The number of rotatable bonds is 4. The van der Waals surface area contributed by atoms with E-state index in [0.29, 0.717) is 23.7 Å². The first kappa shape index (κ1) is 21.0. The Kier molecular flexibility index (Phi) is 5.71. The molecule has 1 amide bonds. The summed E-state index contributed by atoms with van der Waals surface area (Å²) < 4.78 is 25.5. The molecule has 0 spiro atoms. The van der Waals surface area contributed by atoms with E-state index in [0.717, 1.165) is 15.4 Å². The molecular weight excluding hydrogens is 467 g/mol. The van der Waals surface area contributed by atoms with Crippen molar-refractivity contribution in [1.29, 1.82) is 0 Å². The van der Waals surface area contributed by atoms with Crippen molar-refractivity contribution in [2.75, 3.05) is 21.9 Å². The van der Waals surface area contributed by atoms with Crippen molar-refractivity contribution in [3.05, 3.63) is 57.1 Å². The van der Waals surface area contributed by atoms with Gasteiger partial charge in [0, 0.05) is 40.1 Å². The number of hydrogen-bond donors (Lipinski definition) is 1. The first-order chi connectivity index (χ1) is 14.2. The van der Waals surface area contributed by atoms with Crippen LogP contribution in [-0.2, 0) is 10.0 Å². The molecule has 1 saturated heterocycles. The molecule has 1 N–H and O–H groups in total. The molecule has 2 aromatic heterocycles. The van der Waals surface area contributed by atoms with E-state index in [4.69, 9.17) is 23.2 Å². The predicted octanol–water partition coefficient (Wildman–Crippen LogP) is 4.61. The van der Waals surface area contributed by atoms with Crippen LogP contribution >= 0.6 is 34.5 Å². The molecule has 156 valence electrons. The molecule has 3 aromatic rings. The molecule has 1 aromatic carbocycles. The van der Waals surface area contributed by atoms with Crippen LogP contribution in [0.3, 0.4) is 0 Å². The number of aryl methyl sites for hydroxylation is 1. The highest BCUT2D eigenvalue weighted by molar-refractivity contribution is 7.93. The molecule has 0 saturated carbocycles. The zero-order chi connectivity index (χ0) is 21.5. The first-order valence-corrected chi connectivity index (χ1v) is 12.1. The maximum absolute atomic E-state index is 12.9. The summed E-state index contributed by atoms with van der Waals surface area (Å²) in [6, 6.07) is 6.54. The summed E-state index contributed by atoms with van der Waals surface area (Å²) in [4.78, 5) is 22.4. The second-order valence-electron chi connectivity index (χ2n) is 6.72. The fourth-order valence-electron chi connectivity index (χ4n) is 3.11. The highest BCUT2D eigenvalue weighted by Gasteiger charge is 2.30. The average molecular weight is 483 g/mol. The number of aromatic nitrogens is 2. The first-order valence-electron chi connectivity index (χ1n) is 8.94. The summed E-state index contributed by atoms with van der Waals surface area (Å²) in [7, 11) is -3.42. The fourth-order valence-corrected chi connectivity index (χ4v) is 5.79. The predicted molar refractivity (Wildman–Crippen MR) is 120 cm³/mol. The quantitative estimate of drug-likeness (QED) is 0.585. The Bertz CT molecular complexity index is 1240. The van der Waals surface area contributed by atoms with E-state index in [1.165, 1.54) is 27.9 Å². The molecule has 1 fully saturated rings. The molecule has 0 aliphatic carbocycles. The van der Waals surface area contributed by atoms with Gasteiger partial charge in [-0.2, -0.15) is 0 Å². The van der Waals surface area contributed by atoms with Crippen LogP contribution in [0.25, 0.3) is 10.6 Å². The van der Waals surface area contributed by atoms with Gasteiger partial charge in [-0.25, -0.2) is 18.4 Å². The average Bonchev–Trinajstić information content (AvgIpc) is 3.26. The molecule has 0 unspecified atom stereocenters. The number of amides is 1. The lowest BCUT2D eigenvalue weighted by Crippen LogP contribution is -2.26. The number of anilines is 2. The van der Waals surface area contributed by atoms with Gasteiger partial charge in [0.15, 0.2) is 0 Å². The standard InChI is InChI=1S/C19H16Cl2N4O3S2/c1-11-9-23-19(29-11)12-5-13(20)7-14(6-12)24-18(26)15-8-17(22-10-16(15)21)25-3-2-4-30(25,27)28/h5-10H,2-4H2,1H3,(H,24,26). The smallest absolute Gasteiger partial charge is 0.257 e. The maximum Gasteiger partial charge on any atom is 0.257 e. The number of halogens is 2. The van der Waals surface area contributed by atoms with Crippen molar-refractivity contribution in [2.45, 2.75) is 13.3 Å². The molecule has 1 aliphatic rings. The minimum atomic E-state index is -3.42. The van der Waals surface area contributed by atoms with Crippen LogP contribution in [-0.4, -0.2) is 36.6 Å².